The number of likely N-dealkylation sites (N-methyl/N-ethyl adjacent to an activating group) is 1. The van der Waals surface area contributed by atoms with Crippen molar-refractivity contribution in [3.63, 3.8) is 0 Å². The minimum absolute atomic E-state index is 0.0412. The number of methoxy groups -OCH3 is 1. The number of nitriles is 1. The summed E-state index contributed by atoms with van der Waals surface area (Å²) in [4.78, 5) is 44.4. The molecule has 0 spiro atoms. The van der Waals surface area contributed by atoms with Crippen molar-refractivity contribution in [1.82, 2.24) is 9.80 Å². The molecule has 1 aliphatic carbocycles. The van der Waals surface area contributed by atoms with Gasteiger partial charge in [0.05, 0.1) is 35.5 Å². The largest absolute Gasteiger partial charge is 0.416 e. The van der Waals surface area contributed by atoms with Gasteiger partial charge in [0, 0.05) is 38.4 Å². The predicted octanol–water partition coefficient (Wildman–Crippen LogP) is 4.67. The SMILES string of the molecule is COCCN(C)C(=O)CN1C(=O)N(c2cccc(C(F)(F)F)c2)C2=C(C(=O)CCC2)C1c1ccc(C#N)cc1. The molecule has 2 aliphatic rings. The number of rotatable bonds is 7. The van der Waals surface area contributed by atoms with E-state index in [-0.39, 0.29) is 36.6 Å². The Kier molecular flexibility index (Phi) is 8.06. The number of hydrogen-bond donors (Lipinski definition) is 0. The van der Waals surface area contributed by atoms with Crippen LogP contribution in [0, 0.1) is 11.3 Å². The van der Waals surface area contributed by atoms with E-state index in [2.05, 4.69) is 0 Å². The Balaban J connectivity index is 1.88. The third-order valence-electron chi connectivity index (χ3n) is 6.87. The van der Waals surface area contributed by atoms with Crippen molar-refractivity contribution in [2.75, 3.05) is 38.8 Å². The number of hydrogen-bond acceptors (Lipinski definition) is 5. The molecule has 1 atom stereocenters. The van der Waals surface area contributed by atoms with E-state index >= 15 is 0 Å². The summed E-state index contributed by atoms with van der Waals surface area (Å²) in [5, 5.41) is 9.23. The van der Waals surface area contributed by atoms with Crippen LogP contribution in [-0.4, -0.2) is 61.4 Å². The number of benzene rings is 2. The van der Waals surface area contributed by atoms with Crippen LogP contribution in [-0.2, 0) is 20.5 Å². The van der Waals surface area contributed by atoms with Crippen molar-refractivity contribution in [3.8, 4) is 6.07 Å². The highest BCUT2D eigenvalue weighted by molar-refractivity contribution is 6.07. The fourth-order valence-electron chi connectivity index (χ4n) is 4.85. The quantitative estimate of drug-likeness (QED) is 0.509. The third-order valence-corrected chi connectivity index (χ3v) is 6.87. The van der Waals surface area contributed by atoms with Crippen LogP contribution < -0.4 is 4.90 Å². The van der Waals surface area contributed by atoms with E-state index in [9.17, 15) is 32.8 Å². The van der Waals surface area contributed by atoms with Crippen LogP contribution in [0.15, 0.2) is 59.8 Å². The Labute approximate surface area is 223 Å². The maximum atomic E-state index is 14.1. The molecular formula is C28H27F3N4O4. The van der Waals surface area contributed by atoms with Crippen LogP contribution in [0.25, 0.3) is 0 Å². The first-order valence-corrected chi connectivity index (χ1v) is 12.3. The number of urea groups is 1. The number of allylic oxidation sites excluding steroid dienone is 1. The molecular weight excluding hydrogens is 513 g/mol. The van der Waals surface area contributed by atoms with Gasteiger partial charge in [-0.2, -0.15) is 18.4 Å². The van der Waals surface area contributed by atoms with Gasteiger partial charge in [0.2, 0.25) is 5.91 Å². The lowest BCUT2D eigenvalue weighted by Gasteiger charge is -2.45. The predicted molar refractivity (Wildman–Crippen MR) is 135 cm³/mol. The van der Waals surface area contributed by atoms with Gasteiger partial charge in [0.15, 0.2) is 5.78 Å². The molecule has 11 heteroatoms. The Morgan fingerprint density at radius 2 is 1.87 bits per heavy atom. The number of Topliss-reactive ketones (excluding diaryl/α,β-unsaturated/α-hetero) is 1. The van der Waals surface area contributed by atoms with E-state index in [4.69, 9.17) is 4.74 Å². The monoisotopic (exact) mass is 540 g/mol. The molecule has 39 heavy (non-hydrogen) atoms. The van der Waals surface area contributed by atoms with Crippen molar-refractivity contribution >= 4 is 23.4 Å². The van der Waals surface area contributed by atoms with Gasteiger partial charge >= 0.3 is 12.2 Å². The fraction of sp³-hybridized carbons (Fsp3) is 0.357. The molecule has 2 aromatic rings. The molecule has 3 amide bonds. The normalized spacial score (nSPS) is 17.7. The lowest BCUT2D eigenvalue weighted by molar-refractivity contribution is -0.137. The third kappa shape index (κ3) is 5.66. The highest BCUT2D eigenvalue weighted by Gasteiger charge is 2.45. The topological polar surface area (TPSA) is 93.9 Å². The molecule has 0 fully saturated rings. The first-order valence-electron chi connectivity index (χ1n) is 12.3. The molecule has 0 bridgehead atoms. The molecule has 204 valence electrons. The van der Waals surface area contributed by atoms with E-state index in [0.717, 1.165) is 17.0 Å². The Hall–Kier alpha value is -4.17. The summed E-state index contributed by atoms with van der Waals surface area (Å²) in [6.07, 6.45) is -3.71. The van der Waals surface area contributed by atoms with E-state index in [1.54, 1.807) is 31.3 Å². The van der Waals surface area contributed by atoms with E-state index in [0.29, 0.717) is 29.7 Å². The molecule has 1 heterocycles. The lowest BCUT2D eigenvalue weighted by Crippen LogP contribution is -2.54. The Bertz CT molecular complexity index is 1350. The second-order valence-corrected chi connectivity index (χ2v) is 9.38. The average Bonchev–Trinajstić information content (AvgIpc) is 2.92. The minimum atomic E-state index is -4.64. The zero-order chi connectivity index (χ0) is 28.3. The summed E-state index contributed by atoms with van der Waals surface area (Å²) in [7, 11) is 3.04. The number of carbonyl (C=O) groups excluding carboxylic acids is 3. The highest BCUT2D eigenvalue weighted by atomic mass is 19.4. The van der Waals surface area contributed by atoms with Crippen LogP contribution in [0.1, 0.15) is 42.0 Å². The highest BCUT2D eigenvalue weighted by Crippen LogP contribution is 2.44. The fourth-order valence-corrected chi connectivity index (χ4v) is 4.85. The Morgan fingerprint density at radius 1 is 1.15 bits per heavy atom. The molecule has 0 radical (unpaired) electrons. The first-order chi connectivity index (χ1) is 18.6. The molecule has 4 rings (SSSR count). The lowest BCUT2D eigenvalue weighted by atomic mass is 9.83. The number of amides is 3. The number of nitrogens with zero attached hydrogens (tertiary/aromatic N) is 4. The van der Waals surface area contributed by atoms with Gasteiger partial charge in [-0.3, -0.25) is 14.5 Å². The average molecular weight is 541 g/mol. The van der Waals surface area contributed by atoms with Crippen LogP contribution >= 0.6 is 0 Å². The Morgan fingerprint density at radius 3 is 2.51 bits per heavy atom. The number of ether oxygens (including phenoxy) is 1. The molecule has 2 aromatic carbocycles. The van der Waals surface area contributed by atoms with Gasteiger partial charge in [-0.1, -0.05) is 18.2 Å². The molecule has 0 aromatic heterocycles. The summed E-state index contributed by atoms with van der Waals surface area (Å²) in [6.45, 7) is 0.0890. The molecule has 0 saturated heterocycles. The van der Waals surface area contributed by atoms with Crippen LogP contribution in [0.3, 0.4) is 0 Å². The number of halogens is 3. The molecule has 1 aliphatic heterocycles. The summed E-state index contributed by atoms with van der Waals surface area (Å²) in [6, 6.07) is 11.1. The second-order valence-electron chi connectivity index (χ2n) is 9.38. The van der Waals surface area contributed by atoms with Crippen molar-refractivity contribution in [2.24, 2.45) is 0 Å². The standard InChI is InChI=1S/C28H27F3N4O4/c1-33(13-14-39-2)24(37)17-34-26(19-11-9-18(16-32)10-12-19)25-22(7-4-8-23(25)36)35(27(34)38)21-6-3-5-20(15-21)28(29,30)31/h3,5-6,9-12,15,26H,4,7-8,13-14,17H2,1-2H3. The van der Waals surface area contributed by atoms with Crippen molar-refractivity contribution in [1.29, 1.82) is 5.26 Å². The summed E-state index contributed by atoms with van der Waals surface area (Å²) in [5.41, 5.74) is 0.490. The number of ketones is 1. The zero-order valence-corrected chi connectivity index (χ0v) is 21.5. The maximum absolute atomic E-state index is 14.1. The molecule has 8 nitrogen and oxygen atoms in total. The number of anilines is 1. The van der Waals surface area contributed by atoms with Gasteiger partial charge < -0.3 is 14.5 Å². The van der Waals surface area contributed by atoms with Gasteiger partial charge in [-0.15, -0.1) is 0 Å². The molecule has 1 unspecified atom stereocenters. The van der Waals surface area contributed by atoms with Crippen LogP contribution in [0.5, 0.6) is 0 Å². The van der Waals surface area contributed by atoms with E-state index in [1.807, 2.05) is 6.07 Å². The van der Waals surface area contributed by atoms with E-state index < -0.39 is 36.3 Å². The maximum Gasteiger partial charge on any atom is 0.416 e. The van der Waals surface area contributed by atoms with Gasteiger partial charge in [0.25, 0.3) is 0 Å². The van der Waals surface area contributed by atoms with E-state index in [1.165, 1.54) is 29.0 Å². The number of carbonyl (C=O) groups is 3. The van der Waals surface area contributed by atoms with Crippen molar-refractivity contribution in [3.05, 3.63) is 76.5 Å². The first kappa shape index (κ1) is 27.9. The van der Waals surface area contributed by atoms with Crippen LogP contribution in [0.2, 0.25) is 0 Å². The van der Waals surface area contributed by atoms with Gasteiger partial charge in [-0.05, 0) is 48.7 Å². The van der Waals surface area contributed by atoms with Crippen molar-refractivity contribution in [2.45, 2.75) is 31.5 Å². The van der Waals surface area contributed by atoms with Gasteiger partial charge in [0.1, 0.15) is 6.54 Å². The zero-order valence-electron chi connectivity index (χ0n) is 21.5. The molecule has 0 saturated carbocycles. The summed E-state index contributed by atoms with van der Waals surface area (Å²) >= 11 is 0. The smallest absolute Gasteiger partial charge is 0.383 e. The minimum Gasteiger partial charge on any atom is -0.383 e. The number of alkyl halides is 3. The summed E-state index contributed by atoms with van der Waals surface area (Å²) in [5.74, 6) is -0.685. The van der Waals surface area contributed by atoms with Crippen LogP contribution in [0.4, 0.5) is 23.7 Å². The molecule has 0 N–H and O–H groups in total. The second kappa shape index (κ2) is 11.3. The summed E-state index contributed by atoms with van der Waals surface area (Å²) < 4.78 is 45.7. The van der Waals surface area contributed by atoms with Gasteiger partial charge in [-0.25, -0.2) is 4.79 Å². The van der Waals surface area contributed by atoms with Crippen molar-refractivity contribution < 1.29 is 32.3 Å².